The summed E-state index contributed by atoms with van der Waals surface area (Å²) in [4.78, 5) is 20.4. The van der Waals surface area contributed by atoms with Crippen molar-refractivity contribution in [1.29, 1.82) is 0 Å². The molecule has 6 nitrogen and oxygen atoms in total. The molecule has 0 saturated carbocycles. The largest absolute Gasteiger partial charge is 0.397 e. The quantitative estimate of drug-likeness (QED) is 0.500. The van der Waals surface area contributed by atoms with Gasteiger partial charge in [-0.2, -0.15) is 0 Å². The van der Waals surface area contributed by atoms with Crippen LogP contribution in [0.3, 0.4) is 0 Å². The summed E-state index contributed by atoms with van der Waals surface area (Å²) in [6, 6.07) is 2.24. The zero-order chi connectivity index (χ0) is 19.0. The number of carbonyl (C=O) groups excluding carboxylic acids is 1. The van der Waals surface area contributed by atoms with Crippen LogP contribution in [0.1, 0.15) is 21.6 Å². The number of pyridine rings is 1. The predicted octanol–water partition coefficient (Wildman–Crippen LogP) is 3.57. The monoisotopic (exact) mass is 421 g/mol. The summed E-state index contributed by atoms with van der Waals surface area (Å²) in [5.41, 5.74) is 6.81. The van der Waals surface area contributed by atoms with Crippen molar-refractivity contribution in [1.82, 2.24) is 9.38 Å². The fourth-order valence-electron chi connectivity index (χ4n) is 2.59. The van der Waals surface area contributed by atoms with E-state index >= 15 is 0 Å². The molecule has 9 heteroatoms. The van der Waals surface area contributed by atoms with E-state index in [2.05, 4.69) is 31.2 Å². The maximum absolute atomic E-state index is 14.3. The molecule has 2 heterocycles. The SMILES string of the molecule is CN=Cc1c(Br)cc(F)c(C(=O)Nc2cc(F)c3nc(C)cn3c2)c1N. The van der Waals surface area contributed by atoms with Gasteiger partial charge in [0.15, 0.2) is 11.5 Å². The number of imidazole rings is 1. The first kappa shape index (κ1) is 18.0. The molecular weight excluding hydrogens is 408 g/mol. The molecule has 134 valence electrons. The zero-order valence-corrected chi connectivity index (χ0v) is 15.4. The Bertz CT molecular complexity index is 1060. The van der Waals surface area contributed by atoms with Crippen LogP contribution in [0.4, 0.5) is 20.2 Å². The van der Waals surface area contributed by atoms with Gasteiger partial charge in [-0.3, -0.25) is 9.79 Å². The van der Waals surface area contributed by atoms with Crippen LogP contribution in [0.2, 0.25) is 0 Å². The van der Waals surface area contributed by atoms with Gasteiger partial charge in [-0.25, -0.2) is 13.8 Å². The number of aryl methyl sites for hydroxylation is 1. The summed E-state index contributed by atoms with van der Waals surface area (Å²) in [5, 5.41) is 2.46. The first-order valence-corrected chi connectivity index (χ1v) is 8.27. The average molecular weight is 422 g/mol. The van der Waals surface area contributed by atoms with Gasteiger partial charge in [0.25, 0.3) is 5.91 Å². The third-order valence-electron chi connectivity index (χ3n) is 3.68. The van der Waals surface area contributed by atoms with Gasteiger partial charge in [0.1, 0.15) is 5.82 Å². The van der Waals surface area contributed by atoms with Crippen molar-refractivity contribution in [3.05, 3.63) is 57.5 Å². The number of carbonyl (C=O) groups is 1. The average Bonchev–Trinajstić information content (AvgIpc) is 2.92. The molecule has 3 aromatic rings. The summed E-state index contributed by atoms with van der Waals surface area (Å²) in [7, 11) is 1.53. The summed E-state index contributed by atoms with van der Waals surface area (Å²) < 4.78 is 30.3. The van der Waals surface area contributed by atoms with E-state index < -0.39 is 17.5 Å². The molecule has 3 rings (SSSR count). The minimum absolute atomic E-state index is 0.0694. The van der Waals surface area contributed by atoms with Crippen LogP contribution in [0, 0.1) is 18.6 Å². The van der Waals surface area contributed by atoms with Crippen LogP contribution in [0.5, 0.6) is 0 Å². The van der Waals surface area contributed by atoms with E-state index in [1.807, 2.05) is 0 Å². The molecule has 1 aromatic carbocycles. The van der Waals surface area contributed by atoms with Crippen molar-refractivity contribution < 1.29 is 13.6 Å². The molecule has 0 aliphatic carbocycles. The van der Waals surface area contributed by atoms with Gasteiger partial charge in [0.2, 0.25) is 0 Å². The molecule has 0 saturated heterocycles. The Morgan fingerprint density at radius 1 is 1.35 bits per heavy atom. The Labute approximate surface area is 155 Å². The summed E-state index contributed by atoms with van der Waals surface area (Å²) in [6.07, 6.45) is 4.51. The number of amides is 1. The lowest BCUT2D eigenvalue weighted by atomic mass is 10.1. The minimum atomic E-state index is -0.805. The number of aliphatic imine (C=N–C) groups is 1. The van der Waals surface area contributed by atoms with Crippen molar-refractivity contribution in [2.24, 2.45) is 4.99 Å². The number of nitrogens with one attached hydrogen (secondary N) is 1. The van der Waals surface area contributed by atoms with Crippen LogP contribution >= 0.6 is 15.9 Å². The highest BCUT2D eigenvalue weighted by atomic mass is 79.9. The van der Waals surface area contributed by atoms with E-state index in [1.54, 1.807) is 13.1 Å². The zero-order valence-electron chi connectivity index (χ0n) is 13.8. The number of rotatable bonds is 3. The third-order valence-corrected chi connectivity index (χ3v) is 4.34. The lowest BCUT2D eigenvalue weighted by Crippen LogP contribution is -2.18. The summed E-state index contributed by atoms with van der Waals surface area (Å²) in [5.74, 6) is -2.21. The van der Waals surface area contributed by atoms with E-state index in [9.17, 15) is 13.6 Å². The number of hydrogen-bond donors (Lipinski definition) is 2. The van der Waals surface area contributed by atoms with E-state index in [0.717, 1.165) is 12.1 Å². The molecule has 3 N–H and O–H groups in total. The number of benzene rings is 1. The number of fused-ring (bicyclic) bond motifs is 1. The second-order valence-corrected chi connectivity index (χ2v) is 6.43. The number of nitrogens with two attached hydrogens (primary N) is 1. The number of nitrogens with zero attached hydrogens (tertiary/aromatic N) is 3. The highest BCUT2D eigenvalue weighted by molar-refractivity contribution is 9.10. The fourth-order valence-corrected chi connectivity index (χ4v) is 3.10. The normalized spacial score (nSPS) is 11.4. The predicted molar refractivity (Wildman–Crippen MR) is 99.9 cm³/mol. The summed E-state index contributed by atoms with van der Waals surface area (Å²) >= 11 is 3.19. The number of aromatic nitrogens is 2. The number of hydrogen-bond acceptors (Lipinski definition) is 4. The van der Waals surface area contributed by atoms with Crippen LogP contribution in [0.25, 0.3) is 5.65 Å². The van der Waals surface area contributed by atoms with Crippen LogP contribution in [-0.4, -0.2) is 28.6 Å². The molecule has 2 aromatic heterocycles. The van der Waals surface area contributed by atoms with E-state index in [1.165, 1.54) is 23.9 Å². The van der Waals surface area contributed by atoms with E-state index in [0.29, 0.717) is 15.7 Å². The highest BCUT2D eigenvalue weighted by Crippen LogP contribution is 2.28. The first-order valence-electron chi connectivity index (χ1n) is 7.47. The van der Waals surface area contributed by atoms with Crippen LogP contribution in [0.15, 0.2) is 34.0 Å². The molecular formula is C17H14BrF2N5O. The Morgan fingerprint density at radius 3 is 2.77 bits per heavy atom. The number of anilines is 2. The smallest absolute Gasteiger partial charge is 0.260 e. The van der Waals surface area contributed by atoms with Crippen molar-refractivity contribution in [2.45, 2.75) is 6.92 Å². The molecule has 26 heavy (non-hydrogen) atoms. The van der Waals surface area contributed by atoms with E-state index in [4.69, 9.17) is 5.73 Å². The standard InChI is InChI=1S/C17H14BrF2N5O/c1-8-6-25-7-9(3-13(20)16(25)23-8)24-17(26)14-12(19)4-11(18)10(5-22-2)15(14)21/h3-7H,21H2,1-2H3,(H,24,26). The first-order chi connectivity index (χ1) is 12.3. The molecule has 0 fully saturated rings. The maximum atomic E-state index is 14.3. The molecule has 0 radical (unpaired) electrons. The van der Waals surface area contributed by atoms with Crippen LogP contribution in [-0.2, 0) is 0 Å². The molecule has 0 aliphatic heterocycles. The molecule has 0 unspecified atom stereocenters. The molecule has 0 atom stereocenters. The van der Waals surface area contributed by atoms with Crippen LogP contribution < -0.4 is 11.1 Å². The lowest BCUT2D eigenvalue weighted by Gasteiger charge is -2.12. The lowest BCUT2D eigenvalue weighted by molar-refractivity contribution is 0.102. The Kier molecular flexibility index (Phi) is 4.73. The molecule has 1 amide bonds. The Morgan fingerprint density at radius 2 is 2.08 bits per heavy atom. The van der Waals surface area contributed by atoms with Gasteiger partial charge in [-0.15, -0.1) is 0 Å². The third kappa shape index (κ3) is 3.17. The molecule has 0 spiro atoms. The molecule has 0 bridgehead atoms. The van der Waals surface area contributed by atoms with Gasteiger partial charge < -0.3 is 15.5 Å². The Hall–Kier alpha value is -2.81. The van der Waals surface area contributed by atoms with Gasteiger partial charge in [0.05, 0.1) is 22.6 Å². The van der Waals surface area contributed by atoms with Gasteiger partial charge in [-0.05, 0) is 28.9 Å². The van der Waals surface area contributed by atoms with Gasteiger partial charge >= 0.3 is 0 Å². The number of halogens is 3. The topological polar surface area (TPSA) is 84.8 Å². The highest BCUT2D eigenvalue weighted by Gasteiger charge is 2.21. The van der Waals surface area contributed by atoms with Gasteiger partial charge in [0, 0.05) is 41.8 Å². The van der Waals surface area contributed by atoms with Crippen molar-refractivity contribution in [3.8, 4) is 0 Å². The minimum Gasteiger partial charge on any atom is -0.397 e. The van der Waals surface area contributed by atoms with Crippen molar-refractivity contribution >= 4 is 45.1 Å². The summed E-state index contributed by atoms with van der Waals surface area (Å²) in [6.45, 7) is 1.72. The Balaban J connectivity index is 2.02. The second kappa shape index (κ2) is 6.83. The van der Waals surface area contributed by atoms with Crippen molar-refractivity contribution in [2.75, 3.05) is 18.1 Å². The molecule has 0 aliphatic rings. The van der Waals surface area contributed by atoms with Crippen molar-refractivity contribution in [3.63, 3.8) is 0 Å². The number of nitrogen functional groups attached to an aromatic ring is 1. The second-order valence-electron chi connectivity index (χ2n) is 5.57. The van der Waals surface area contributed by atoms with E-state index in [-0.39, 0.29) is 22.6 Å². The fraction of sp³-hybridized carbons (Fsp3) is 0.118. The maximum Gasteiger partial charge on any atom is 0.260 e. The van der Waals surface area contributed by atoms with Gasteiger partial charge in [-0.1, -0.05) is 0 Å².